The first-order valence-corrected chi connectivity index (χ1v) is 7.99. The fourth-order valence-electron chi connectivity index (χ4n) is 2.50. The van der Waals surface area contributed by atoms with Gasteiger partial charge in [0.05, 0.1) is 18.0 Å². The predicted molar refractivity (Wildman–Crippen MR) is 87.0 cm³/mol. The van der Waals surface area contributed by atoms with Crippen LogP contribution in [0.25, 0.3) is 0 Å². The third kappa shape index (κ3) is 5.54. The summed E-state index contributed by atoms with van der Waals surface area (Å²) >= 11 is 0. The largest absolute Gasteiger partial charge is 0.489 e. The van der Waals surface area contributed by atoms with Crippen LogP contribution in [0.3, 0.4) is 0 Å². The quantitative estimate of drug-likeness (QED) is 0.850. The number of rotatable bonds is 4. The minimum Gasteiger partial charge on any atom is -0.489 e. The van der Waals surface area contributed by atoms with Gasteiger partial charge in [0.1, 0.15) is 17.0 Å². The Morgan fingerprint density at radius 3 is 2.61 bits per heavy atom. The second-order valence-corrected chi connectivity index (χ2v) is 6.73. The number of hydrogen-bond donors (Lipinski definition) is 1. The molecule has 1 aliphatic carbocycles. The van der Waals surface area contributed by atoms with E-state index in [1.165, 1.54) is 12.6 Å². The third-order valence-electron chi connectivity index (χ3n) is 3.50. The molecule has 1 heterocycles. The van der Waals surface area contributed by atoms with Crippen LogP contribution < -0.4 is 10.1 Å². The van der Waals surface area contributed by atoms with Gasteiger partial charge in [0.15, 0.2) is 6.29 Å². The molecule has 0 bridgehead atoms. The summed E-state index contributed by atoms with van der Waals surface area (Å²) in [5.74, 6) is 0.550. The molecule has 2 rings (SSSR count). The number of aldehydes is 1. The van der Waals surface area contributed by atoms with Crippen molar-refractivity contribution in [2.75, 3.05) is 5.32 Å². The zero-order valence-corrected chi connectivity index (χ0v) is 13.9. The van der Waals surface area contributed by atoms with Crippen LogP contribution in [0.4, 0.5) is 10.5 Å². The highest BCUT2D eigenvalue weighted by molar-refractivity contribution is 5.92. The summed E-state index contributed by atoms with van der Waals surface area (Å²) in [6, 6.07) is 1.62. The van der Waals surface area contributed by atoms with Gasteiger partial charge >= 0.3 is 6.09 Å². The van der Waals surface area contributed by atoms with Crippen LogP contribution in [0.2, 0.25) is 0 Å². The Hall–Kier alpha value is -2.11. The summed E-state index contributed by atoms with van der Waals surface area (Å²) in [6.07, 6.45) is 7.25. The van der Waals surface area contributed by atoms with Crippen LogP contribution in [-0.4, -0.2) is 29.1 Å². The summed E-state index contributed by atoms with van der Waals surface area (Å²) in [6.45, 7) is 5.32. The van der Waals surface area contributed by atoms with E-state index in [9.17, 15) is 9.59 Å². The zero-order valence-electron chi connectivity index (χ0n) is 13.9. The van der Waals surface area contributed by atoms with Crippen LogP contribution in [-0.2, 0) is 4.74 Å². The first-order valence-electron chi connectivity index (χ1n) is 7.99. The van der Waals surface area contributed by atoms with Crippen molar-refractivity contribution in [3.05, 3.63) is 18.0 Å². The van der Waals surface area contributed by atoms with Gasteiger partial charge in [0, 0.05) is 6.07 Å². The van der Waals surface area contributed by atoms with Gasteiger partial charge < -0.3 is 9.47 Å². The van der Waals surface area contributed by atoms with Crippen molar-refractivity contribution >= 4 is 18.1 Å². The van der Waals surface area contributed by atoms with Crippen molar-refractivity contribution in [1.82, 2.24) is 4.98 Å². The first kappa shape index (κ1) is 17.2. The minimum absolute atomic E-state index is 0.145. The van der Waals surface area contributed by atoms with E-state index in [-0.39, 0.29) is 11.8 Å². The molecule has 1 amide bonds. The molecule has 126 valence electrons. The Morgan fingerprint density at radius 1 is 1.30 bits per heavy atom. The molecule has 0 saturated heterocycles. The second-order valence-electron chi connectivity index (χ2n) is 6.73. The number of aromatic nitrogens is 1. The van der Waals surface area contributed by atoms with E-state index < -0.39 is 11.7 Å². The number of pyridine rings is 1. The molecule has 6 nitrogen and oxygen atoms in total. The summed E-state index contributed by atoms with van der Waals surface area (Å²) in [4.78, 5) is 27.0. The third-order valence-corrected chi connectivity index (χ3v) is 3.50. The van der Waals surface area contributed by atoms with E-state index >= 15 is 0 Å². The molecule has 6 heteroatoms. The fraction of sp³-hybridized carbons (Fsp3) is 0.588. The Morgan fingerprint density at radius 2 is 2.00 bits per heavy atom. The molecule has 0 aliphatic heterocycles. The first-order chi connectivity index (χ1) is 10.9. The second kappa shape index (κ2) is 7.44. The molecular weight excluding hydrogens is 296 g/mol. The minimum atomic E-state index is -0.628. The van der Waals surface area contributed by atoms with E-state index in [1.807, 2.05) is 0 Å². The fourth-order valence-corrected chi connectivity index (χ4v) is 2.50. The van der Waals surface area contributed by atoms with E-state index in [0.717, 1.165) is 25.7 Å². The molecule has 1 aliphatic rings. The Balaban J connectivity index is 2.08. The molecule has 23 heavy (non-hydrogen) atoms. The molecule has 1 saturated carbocycles. The molecule has 0 spiro atoms. The molecular formula is C17H24N2O4. The maximum atomic E-state index is 11.9. The molecule has 0 aromatic carbocycles. The number of hydrogen-bond acceptors (Lipinski definition) is 5. The van der Waals surface area contributed by atoms with Crippen LogP contribution in [0.5, 0.6) is 5.75 Å². The van der Waals surface area contributed by atoms with Crippen LogP contribution in [0, 0.1) is 0 Å². The Bertz CT molecular complexity index is 560. The van der Waals surface area contributed by atoms with Crippen molar-refractivity contribution in [3.63, 3.8) is 0 Å². The van der Waals surface area contributed by atoms with Crippen molar-refractivity contribution in [2.24, 2.45) is 0 Å². The predicted octanol–water partition coefficient (Wildman–Crippen LogP) is 3.95. The maximum Gasteiger partial charge on any atom is 0.412 e. The number of ether oxygens (including phenoxy) is 2. The Kier molecular flexibility index (Phi) is 5.58. The van der Waals surface area contributed by atoms with Crippen LogP contribution in [0.15, 0.2) is 12.3 Å². The normalized spacial score (nSPS) is 15.8. The number of nitrogens with one attached hydrogen (secondary N) is 1. The molecule has 1 fully saturated rings. The van der Waals surface area contributed by atoms with Crippen molar-refractivity contribution in [3.8, 4) is 5.75 Å². The lowest BCUT2D eigenvalue weighted by Gasteiger charge is -2.23. The lowest BCUT2D eigenvalue weighted by molar-refractivity contribution is 0.0636. The standard InChI is InChI=1S/C17H24N2O4/c1-17(2,3)23-16(21)19-14-9-13(10-18-15(14)11-20)22-12-7-5-4-6-8-12/h9-12H,4-8H2,1-3H3,(H,19,21). The van der Waals surface area contributed by atoms with Crippen molar-refractivity contribution in [2.45, 2.75) is 64.6 Å². The maximum absolute atomic E-state index is 11.9. The van der Waals surface area contributed by atoms with Gasteiger partial charge in [-0.15, -0.1) is 0 Å². The molecule has 1 N–H and O–H groups in total. The number of carbonyl (C=O) groups excluding carboxylic acids is 2. The SMILES string of the molecule is CC(C)(C)OC(=O)Nc1cc(OC2CCCCC2)cnc1C=O. The summed E-state index contributed by atoms with van der Waals surface area (Å²) in [5.41, 5.74) is -0.177. The van der Waals surface area contributed by atoms with Gasteiger partial charge in [-0.2, -0.15) is 0 Å². The zero-order chi connectivity index (χ0) is 16.9. The smallest absolute Gasteiger partial charge is 0.412 e. The summed E-state index contributed by atoms with van der Waals surface area (Å²) < 4.78 is 11.1. The summed E-state index contributed by atoms with van der Waals surface area (Å²) in [5, 5.41) is 2.56. The lowest BCUT2D eigenvalue weighted by atomic mass is 9.98. The van der Waals surface area contributed by atoms with Crippen LogP contribution in [0.1, 0.15) is 63.4 Å². The van der Waals surface area contributed by atoms with Gasteiger partial charge in [-0.25, -0.2) is 9.78 Å². The number of carbonyl (C=O) groups is 2. The van der Waals surface area contributed by atoms with E-state index in [1.54, 1.807) is 26.8 Å². The van der Waals surface area contributed by atoms with E-state index in [4.69, 9.17) is 9.47 Å². The molecule has 0 unspecified atom stereocenters. The Labute approximate surface area is 136 Å². The van der Waals surface area contributed by atoms with E-state index in [2.05, 4.69) is 10.3 Å². The number of nitrogens with zero attached hydrogens (tertiary/aromatic N) is 1. The average molecular weight is 320 g/mol. The van der Waals surface area contributed by atoms with Gasteiger partial charge in [-0.3, -0.25) is 10.1 Å². The van der Waals surface area contributed by atoms with Gasteiger partial charge in [0.2, 0.25) is 0 Å². The lowest BCUT2D eigenvalue weighted by Crippen LogP contribution is -2.27. The highest BCUT2D eigenvalue weighted by Crippen LogP contribution is 2.26. The van der Waals surface area contributed by atoms with Gasteiger partial charge in [-0.05, 0) is 46.5 Å². The number of anilines is 1. The van der Waals surface area contributed by atoms with Gasteiger partial charge in [0.25, 0.3) is 0 Å². The van der Waals surface area contributed by atoms with Gasteiger partial charge in [-0.1, -0.05) is 6.42 Å². The van der Waals surface area contributed by atoms with Crippen molar-refractivity contribution in [1.29, 1.82) is 0 Å². The molecule has 0 radical (unpaired) electrons. The monoisotopic (exact) mass is 320 g/mol. The topological polar surface area (TPSA) is 77.5 Å². The van der Waals surface area contributed by atoms with E-state index in [0.29, 0.717) is 17.7 Å². The van der Waals surface area contributed by atoms with Crippen molar-refractivity contribution < 1.29 is 19.1 Å². The summed E-state index contributed by atoms with van der Waals surface area (Å²) in [7, 11) is 0. The number of amides is 1. The highest BCUT2D eigenvalue weighted by atomic mass is 16.6. The average Bonchev–Trinajstić information content (AvgIpc) is 2.46. The molecule has 1 aromatic rings. The molecule has 0 atom stereocenters. The molecule has 1 aromatic heterocycles. The van der Waals surface area contributed by atoms with Crippen LogP contribution >= 0.6 is 0 Å². The highest BCUT2D eigenvalue weighted by Gasteiger charge is 2.19.